The van der Waals surface area contributed by atoms with Crippen LogP contribution in [0.4, 0.5) is 0 Å². The van der Waals surface area contributed by atoms with Crippen molar-refractivity contribution in [3.05, 3.63) is 23.7 Å². The molecule has 31 heavy (non-hydrogen) atoms. The molecule has 0 atom stereocenters. The van der Waals surface area contributed by atoms with E-state index in [9.17, 15) is 10.2 Å². The predicted molar refractivity (Wildman–Crippen MR) is 132 cm³/mol. The van der Waals surface area contributed by atoms with Crippen LogP contribution in [0.5, 0.6) is 0 Å². The Morgan fingerprint density at radius 3 is 0.903 bits per heavy atom. The molecule has 0 unspecified atom stereocenters. The molecule has 4 nitrogen and oxygen atoms in total. The van der Waals surface area contributed by atoms with Gasteiger partial charge in [-0.1, -0.05) is 83.1 Å². The van der Waals surface area contributed by atoms with E-state index in [-0.39, 0.29) is 21.7 Å². The van der Waals surface area contributed by atoms with Crippen LogP contribution in [-0.4, -0.2) is 22.4 Å². The average molecular weight is 479 g/mol. The number of rotatable bonds is 4. The first-order valence-corrected chi connectivity index (χ1v) is 12.6. The number of hydrogen-bond acceptors (Lipinski definition) is 4. The molecule has 0 fully saturated rings. The Morgan fingerprint density at radius 2 is 0.806 bits per heavy atom. The molecule has 0 spiro atoms. The third-order valence-corrected chi connectivity index (χ3v) is 5.02. The Kier molecular flexibility index (Phi) is 16.8. The number of hydrogen-bond donors (Lipinski definition) is 2. The minimum atomic E-state index is -0.574. The van der Waals surface area contributed by atoms with E-state index in [4.69, 9.17) is 6.64 Å². The molecule has 5 heteroatoms. The fourth-order valence-electron chi connectivity index (χ4n) is 1.47. The second-order valence-corrected chi connectivity index (χ2v) is 13.7. The SMILES string of the molecule is CC(C)(C)C=C(O)C(C)(C)C.CC(C)(C)C=C(O)C(C)(C)C.CC(C)[O][Ti][O]C(C)C. The molecule has 0 saturated carbocycles. The van der Waals surface area contributed by atoms with Gasteiger partial charge < -0.3 is 10.2 Å². The van der Waals surface area contributed by atoms with Crippen molar-refractivity contribution in [3.63, 3.8) is 0 Å². The van der Waals surface area contributed by atoms with Gasteiger partial charge in [-0.2, -0.15) is 0 Å². The maximum atomic E-state index is 9.58. The van der Waals surface area contributed by atoms with Crippen molar-refractivity contribution in [2.75, 3.05) is 0 Å². The van der Waals surface area contributed by atoms with Crippen molar-refractivity contribution in [1.29, 1.82) is 0 Å². The first-order valence-electron chi connectivity index (χ1n) is 11.3. The summed E-state index contributed by atoms with van der Waals surface area (Å²) in [6.45, 7) is 32.6. The summed E-state index contributed by atoms with van der Waals surface area (Å²) in [5.41, 5.74) is -0.102. The first kappa shape index (κ1) is 35.3. The van der Waals surface area contributed by atoms with E-state index in [1.807, 2.05) is 81.4 Å². The fourth-order valence-corrected chi connectivity index (χ4v) is 2.16. The van der Waals surface area contributed by atoms with Gasteiger partial charge in [-0.05, 0) is 23.0 Å². The summed E-state index contributed by atoms with van der Waals surface area (Å²) < 4.78 is 10.5. The molecule has 0 bridgehead atoms. The summed E-state index contributed by atoms with van der Waals surface area (Å²) in [6.07, 6.45) is 4.47. The van der Waals surface area contributed by atoms with Crippen LogP contribution in [-0.2, 0) is 26.6 Å². The quantitative estimate of drug-likeness (QED) is 0.313. The maximum absolute atomic E-state index is 9.58. The molecule has 0 heterocycles. The molecule has 0 radical (unpaired) electrons. The van der Waals surface area contributed by atoms with Crippen molar-refractivity contribution in [3.8, 4) is 0 Å². The molecule has 0 saturated heterocycles. The minimum absolute atomic E-state index is 0.0668. The number of allylic oxidation sites excluding steroid dienone is 4. The van der Waals surface area contributed by atoms with Crippen LogP contribution >= 0.6 is 0 Å². The van der Waals surface area contributed by atoms with E-state index in [1.54, 1.807) is 0 Å². The standard InChI is InChI=1S/2C10H20O.2C3H7O.Ti/c2*1-9(2,3)7-8(11)10(4,5)6;2*1-3(2)4;/h2*7,11H,1-6H3;2*3H,1-2H3;/q;;2*-1;+2. The predicted octanol–water partition coefficient (Wildman–Crippen LogP) is 8.79. The van der Waals surface area contributed by atoms with Crippen molar-refractivity contribution >= 4 is 0 Å². The molecule has 0 aliphatic carbocycles. The Bertz CT molecular complexity index is 472. The first-order chi connectivity index (χ1) is 13.4. The van der Waals surface area contributed by atoms with Crippen LogP contribution in [0.15, 0.2) is 23.7 Å². The van der Waals surface area contributed by atoms with Crippen LogP contribution in [0.25, 0.3) is 0 Å². The molecule has 0 aromatic rings. The van der Waals surface area contributed by atoms with Crippen molar-refractivity contribution in [1.82, 2.24) is 0 Å². The summed E-state index contributed by atoms with van der Waals surface area (Å²) in [7, 11) is 0. The normalized spacial score (nSPS) is 14.0. The molecule has 0 aliphatic rings. The van der Waals surface area contributed by atoms with Gasteiger partial charge in [-0.25, -0.2) is 0 Å². The zero-order chi connectivity index (χ0) is 25.8. The van der Waals surface area contributed by atoms with Gasteiger partial charge >= 0.3 is 66.5 Å². The summed E-state index contributed by atoms with van der Waals surface area (Å²) in [5, 5.41) is 19.2. The van der Waals surface area contributed by atoms with Gasteiger partial charge in [0.1, 0.15) is 0 Å². The summed E-state index contributed by atoms with van der Waals surface area (Å²) in [6, 6.07) is 0. The zero-order valence-electron chi connectivity index (χ0n) is 23.5. The van der Waals surface area contributed by atoms with E-state index in [0.717, 1.165) is 0 Å². The van der Waals surface area contributed by atoms with E-state index in [0.29, 0.717) is 23.7 Å². The summed E-state index contributed by atoms with van der Waals surface area (Å²) >= 11 is -0.574. The molecular weight excluding hydrogens is 424 g/mol. The van der Waals surface area contributed by atoms with Gasteiger partial charge in [0.15, 0.2) is 0 Å². The van der Waals surface area contributed by atoms with Crippen molar-refractivity contribution in [2.24, 2.45) is 21.7 Å². The Labute approximate surface area is 204 Å². The average Bonchev–Trinajstić information content (AvgIpc) is 2.42. The van der Waals surface area contributed by atoms with Gasteiger partial charge in [0.2, 0.25) is 0 Å². The van der Waals surface area contributed by atoms with Gasteiger partial charge in [-0.3, -0.25) is 0 Å². The molecule has 0 aliphatic heterocycles. The van der Waals surface area contributed by atoms with Crippen molar-refractivity contribution < 1.29 is 36.8 Å². The third kappa shape index (κ3) is 29.7. The molecular formula is C26H54O4Ti. The Morgan fingerprint density at radius 1 is 0.581 bits per heavy atom. The zero-order valence-corrected chi connectivity index (χ0v) is 25.1. The Balaban J connectivity index is -0.000000382. The molecule has 0 aromatic carbocycles. The van der Waals surface area contributed by atoms with Crippen LogP contribution < -0.4 is 0 Å². The van der Waals surface area contributed by atoms with Gasteiger partial charge in [-0.15, -0.1) is 0 Å². The third-order valence-electron chi connectivity index (χ3n) is 3.24. The molecule has 0 aromatic heterocycles. The molecule has 186 valence electrons. The number of aliphatic hydroxyl groups is 2. The van der Waals surface area contributed by atoms with Gasteiger partial charge in [0.05, 0.1) is 11.5 Å². The fraction of sp³-hybridized carbons (Fsp3) is 0.846. The second-order valence-electron chi connectivity index (χ2n) is 12.7. The van der Waals surface area contributed by atoms with Crippen LogP contribution in [0.1, 0.15) is 111 Å². The monoisotopic (exact) mass is 478 g/mol. The summed E-state index contributed by atoms with van der Waals surface area (Å²) in [5.74, 6) is 0.954. The molecule has 2 N–H and O–H groups in total. The number of aliphatic hydroxyl groups excluding tert-OH is 2. The van der Waals surface area contributed by atoms with Crippen molar-refractivity contribution in [2.45, 2.75) is 123 Å². The summed E-state index contributed by atoms with van der Waals surface area (Å²) in [4.78, 5) is 0. The van der Waals surface area contributed by atoms with Crippen LogP contribution in [0.2, 0.25) is 0 Å². The molecule has 0 amide bonds. The second kappa shape index (κ2) is 14.8. The van der Waals surface area contributed by atoms with E-state index < -0.39 is 19.9 Å². The van der Waals surface area contributed by atoms with E-state index in [2.05, 4.69) is 41.5 Å². The Hall–Kier alpha value is -0.286. The van der Waals surface area contributed by atoms with Crippen LogP contribution in [0, 0.1) is 21.7 Å². The van der Waals surface area contributed by atoms with E-state index in [1.165, 1.54) is 0 Å². The van der Waals surface area contributed by atoms with Crippen LogP contribution in [0.3, 0.4) is 0 Å². The van der Waals surface area contributed by atoms with E-state index >= 15 is 0 Å². The van der Waals surface area contributed by atoms with Gasteiger partial charge in [0, 0.05) is 10.8 Å². The van der Waals surface area contributed by atoms with Gasteiger partial charge in [0.25, 0.3) is 0 Å². The topological polar surface area (TPSA) is 58.9 Å². The molecule has 0 rings (SSSR count).